The maximum absolute atomic E-state index is 13.6. The predicted molar refractivity (Wildman–Crippen MR) is 152 cm³/mol. The summed E-state index contributed by atoms with van der Waals surface area (Å²) in [6.07, 6.45) is 0.0989. The molecule has 0 bridgehead atoms. The van der Waals surface area contributed by atoms with Gasteiger partial charge in [-0.15, -0.1) is 0 Å². The summed E-state index contributed by atoms with van der Waals surface area (Å²) in [6, 6.07) is 18.6. The van der Waals surface area contributed by atoms with Gasteiger partial charge in [0.25, 0.3) is 0 Å². The first-order chi connectivity index (χ1) is 17.6. The molecule has 1 unspecified atom stereocenters. The van der Waals surface area contributed by atoms with Crippen LogP contribution in [0.1, 0.15) is 79.4 Å². The number of ether oxygens (including phenoxy) is 1. The van der Waals surface area contributed by atoms with Gasteiger partial charge < -0.3 is 20.1 Å². The van der Waals surface area contributed by atoms with Crippen LogP contribution in [0, 0.1) is 5.92 Å². The van der Waals surface area contributed by atoms with Crippen LogP contribution in [0.5, 0.6) is 0 Å². The number of rotatable bonds is 10. The minimum Gasteiger partial charge on any atom is -0.444 e. The molecule has 0 heterocycles. The highest BCUT2D eigenvalue weighted by atomic mass is 16.6. The number of hydrogen-bond donors (Lipinski definition) is 2. The summed E-state index contributed by atoms with van der Waals surface area (Å²) in [4.78, 5) is 29.8. The lowest BCUT2D eigenvalue weighted by Gasteiger charge is -2.41. The fourth-order valence-corrected chi connectivity index (χ4v) is 4.20. The van der Waals surface area contributed by atoms with Gasteiger partial charge in [-0.2, -0.15) is 0 Å². The SMILES string of the molecule is CC(C)CN(CCCC(O)(c1ccccc1)N(Cc1ccccc1)C(=O)OC(C)(C)C)C(=O)NC(C)(C)C. The van der Waals surface area contributed by atoms with Crippen molar-refractivity contribution in [3.63, 3.8) is 0 Å². The smallest absolute Gasteiger partial charge is 0.413 e. The van der Waals surface area contributed by atoms with E-state index in [1.807, 2.05) is 102 Å². The van der Waals surface area contributed by atoms with Crippen LogP contribution in [0.3, 0.4) is 0 Å². The standard InChI is InChI=1S/C31H47N3O4/c1-24(2)22-33(27(35)32-29(3,4)5)21-15-20-31(37,26-18-13-10-14-19-26)34(28(36)38-30(6,7)8)23-25-16-11-9-12-17-25/h9-14,16-19,24,37H,15,20-23H2,1-8H3,(H,32,35). The molecule has 0 saturated carbocycles. The van der Waals surface area contributed by atoms with Crippen LogP contribution in [0.15, 0.2) is 60.7 Å². The summed E-state index contributed by atoms with van der Waals surface area (Å²) in [6.45, 7) is 16.6. The molecule has 7 heteroatoms. The number of nitrogens with one attached hydrogen (secondary N) is 1. The van der Waals surface area contributed by atoms with E-state index in [9.17, 15) is 14.7 Å². The number of carbonyl (C=O) groups excluding carboxylic acids is 2. The maximum Gasteiger partial charge on any atom is 0.413 e. The molecule has 2 aromatic rings. The molecule has 1 atom stereocenters. The van der Waals surface area contributed by atoms with E-state index in [-0.39, 0.29) is 30.5 Å². The van der Waals surface area contributed by atoms with Crippen molar-refractivity contribution in [3.8, 4) is 0 Å². The summed E-state index contributed by atoms with van der Waals surface area (Å²) in [5.41, 5.74) is -1.28. The van der Waals surface area contributed by atoms with E-state index in [4.69, 9.17) is 4.74 Å². The van der Waals surface area contributed by atoms with Crippen molar-refractivity contribution in [1.82, 2.24) is 15.1 Å². The molecule has 0 aromatic heterocycles. The predicted octanol–water partition coefficient (Wildman–Crippen LogP) is 6.52. The largest absolute Gasteiger partial charge is 0.444 e. The second-order valence-corrected chi connectivity index (χ2v) is 12.4. The Hall–Kier alpha value is -3.06. The van der Waals surface area contributed by atoms with Gasteiger partial charge in [-0.25, -0.2) is 9.59 Å². The Morgan fingerprint density at radius 2 is 1.47 bits per heavy atom. The third-order valence-corrected chi connectivity index (χ3v) is 5.79. The van der Waals surface area contributed by atoms with Crippen LogP contribution in [0.4, 0.5) is 9.59 Å². The molecule has 38 heavy (non-hydrogen) atoms. The molecule has 0 aliphatic carbocycles. The van der Waals surface area contributed by atoms with Gasteiger partial charge in [-0.3, -0.25) is 4.90 Å². The summed E-state index contributed by atoms with van der Waals surface area (Å²) < 4.78 is 5.77. The number of amides is 3. The van der Waals surface area contributed by atoms with Gasteiger partial charge in [0, 0.05) is 30.6 Å². The Labute approximate surface area is 229 Å². The molecule has 0 fully saturated rings. The summed E-state index contributed by atoms with van der Waals surface area (Å²) in [5.74, 6) is 0.282. The molecule has 0 aliphatic heterocycles. The fraction of sp³-hybridized carbons (Fsp3) is 0.548. The molecule has 2 aromatic carbocycles. The van der Waals surface area contributed by atoms with Gasteiger partial charge in [-0.1, -0.05) is 74.5 Å². The quantitative estimate of drug-likeness (QED) is 0.346. The van der Waals surface area contributed by atoms with Gasteiger partial charge in [-0.05, 0) is 59.4 Å². The first-order valence-corrected chi connectivity index (χ1v) is 13.5. The third kappa shape index (κ3) is 10.0. The highest BCUT2D eigenvalue weighted by molar-refractivity contribution is 5.75. The van der Waals surface area contributed by atoms with E-state index in [2.05, 4.69) is 19.2 Å². The molecule has 7 nitrogen and oxygen atoms in total. The van der Waals surface area contributed by atoms with Crippen LogP contribution in [0.25, 0.3) is 0 Å². The molecule has 0 saturated heterocycles. The molecular formula is C31H47N3O4. The Kier molecular flexibility index (Phi) is 10.8. The molecule has 0 spiro atoms. The summed E-state index contributed by atoms with van der Waals surface area (Å²) in [7, 11) is 0. The van der Waals surface area contributed by atoms with Gasteiger partial charge in [0.1, 0.15) is 5.60 Å². The lowest BCUT2D eigenvalue weighted by Crippen LogP contribution is -2.52. The van der Waals surface area contributed by atoms with E-state index in [0.29, 0.717) is 25.1 Å². The average molecular weight is 526 g/mol. The molecular weight excluding hydrogens is 478 g/mol. The first kappa shape index (κ1) is 31.2. The van der Waals surface area contributed by atoms with E-state index in [1.165, 1.54) is 4.90 Å². The topological polar surface area (TPSA) is 82.1 Å². The van der Waals surface area contributed by atoms with Gasteiger partial charge in [0.15, 0.2) is 5.72 Å². The number of urea groups is 1. The molecule has 210 valence electrons. The maximum atomic E-state index is 13.6. The third-order valence-electron chi connectivity index (χ3n) is 5.79. The number of hydrogen-bond acceptors (Lipinski definition) is 4. The summed E-state index contributed by atoms with van der Waals surface area (Å²) in [5, 5.41) is 15.3. The van der Waals surface area contributed by atoms with Crippen LogP contribution in [-0.2, 0) is 17.0 Å². The minimum atomic E-state index is -1.65. The Bertz CT molecular complexity index is 1010. The molecule has 0 aliphatic rings. The zero-order chi connectivity index (χ0) is 28.6. The van der Waals surface area contributed by atoms with Gasteiger partial charge in [0.2, 0.25) is 0 Å². The first-order valence-electron chi connectivity index (χ1n) is 13.5. The molecule has 0 radical (unpaired) electrons. The minimum absolute atomic E-state index is 0.136. The monoisotopic (exact) mass is 525 g/mol. The lowest BCUT2D eigenvalue weighted by atomic mass is 9.95. The highest BCUT2D eigenvalue weighted by Gasteiger charge is 2.41. The van der Waals surface area contributed by atoms with Gasteiger partial charge >= 0.3 is 12.1 Å². The van der Waals surface area contributed by atoms with Crippen LogP contribution < -0.4 is 5.32 Å². The Balaban J connectivity index is 2.40. The normalized spacial score (nSPS) is 13.5. The Morgan fingerprint density at radius 3 is 1.97 bits per heavy atom. The van der Waals surface area contributed by atoms with Crippen LogP contribution >= 0.6 is 0 Å². The number of aliphatic hydroxyl groups is 1. The van der Waals surface area contributed by atoms with E-state index in [0.717, 1.165) is 5.56 Å². The zero-order valence-corrected chi connectivity index (χ0v) is 24.5. The lowest BCUT2D eigenvalue weighted by molar-refractivity contribution is -0.124. The van der Waals surface area contributed by atoms with Crippen LogP contribution in [-0.4, -0.2) is 51.3 Å². The van der Waals surface area contributed by atoms with Crippen molar-refractivity contribution in [3.05, 3.63) is 71.8 Å². The van der Waals surface area contributed by atoms with E-state index >= 15 is 0 Å². The zero-order valence-electron chi connectivity index (χ0n) is 24.5. The van der Waals surface area contributed by atoms with Crippen molar-refractivity contribution in [2.75, 3.05) is 13.1 Å². The van der Waals surface area contributed by atoms with Crippen molar-refractivity contribution in [1.29, 1.82) is 0 Å². The number of carbonyl (C=O) groups is 2. The fourth-order valence-electron chi connectivity index (χ4n) is 4.20. The molecule has 2 rings (SSSR count). The van der Waals surface area contributed by atoms with Crippen molar-refractivity contribution >= 4 is 12.1 Å². The molecule has 2 N–H and O–H groups in total. The van der Waals surface area contributed by atoms with Crippen LogP contribution in [0.2, 0.25) is 0 Å². The second-order valence-electron chi connectivity index (χ2n) is 12.4. The van der Waals surface area contributed by atoms with Crippen molar-refractivity contribution in [2.24, 2.45) is 5.92 Å². The number of nitrogens with zero attached hydrogens (tertiary/aromatic N) is 2. The van der Waals surface area contributed by atoms with Crippen molar-refractivity contribution < 1.29 is 19.4 Å². The van der Waals surface area contributed by atoms with E-state index in [1.54, 1.807) is 4.90 Å². The highest BCUT2D eigenvalue weighted by Crippen LogP contribution is 2.34. The number of benzene rings is 2. The Morgan fingerprint density at radius 1 is 0.921 bits per heavy atom. The van der Waals surface area contributed by atoms with Crippen molar-refractivity contribution in [2.45, 2.75) is 91.6 Å². The summed E-state index contributed by atoms with van der Waals surface area (Å²) >= 11 is 0. The average Bonchev–Trinajstić information content (AvgIpc) is 2.80. The van der Waals surface area contributed by atoms with E-state index < -0.39 is 17.4 Å². The van der Waals surface area contributed by atoms with Gasteiger partial charge in [0.05, 0.1) is 6.54 Å². The molecule has 3 amide bonds. The second kappa shape index (κ2) is 13.1.